The summed E-state index contributed by atoms with van der Waals surface area (Å²) in [5, 5.41) is 0. The van der Waals surface area contributed by atoms with Gasteiger partial charge < -0.3 is 5.43 Å². The third-order valence-electron chi connectivity index (χ3n) is 2.94. The monoisotopic (exact) mass is 303 g/mol. The maximum absolute atomic E-state index is 12.3. The van der Waals surface area contributed by atoms with Gasteiger partial charge in [0.15, 0.2) is 0 Å². The van der Waals surface area contributed by atoms with Crippen LogP contribution in [0.15, 0.2) is 54.1 Å². The Balaban J connectivity index is 2.15. The van der Waals surface area contributed by atoms with E-state index >= 15 is 0 Å². The minimum atomic E-state index is -3.67. The highest BCUT2D eigenvalue weighted by Crippen LogP contribution is 2.16. The second-order valence-electron chi connectivity index (χ2n) is 4.69. The van der Waals surface area contributed by atoms with E-state index in [2.05, 4.69) is 21.8 Å². The van der Waals surface area contributed by atoms with Crippen LogP contribution in [0.4, 0.5) is 0 Å². The summed E-state index contributed by atoms with van der Waals surface area (Å²) < 4.78 is 24.6. The average Bonchev–Trinajstić information content (AvgIpc) is 2.48. The summed E-state index contributed by atoms with van der Waals surface area (Å²) in [6.45, 7) is 7.36. The van der Waals surface area contributed by atoms with E-state index in [1.54, 1.807) is 43.5 Å². The maximum atomic E-state index is 12.3. The highest BCUT2D eigenvalue weighted by molar-refractivity contribution is 7.89. The highest BCUT2D eigenvalue weighted by atomic mass is 32.2. The lowest BCUT2D eigenvalue weighted by Gasteiger charge is -2.13. The minimum absolute atomic E-state index is 0.240. The first-order valence-corrected chi connectivity index (χ1v) is 7.84. The van der Waals surface area contributed by atoms with Crippen molar-refractivity contribution in [2.24, 2.45) is 0 Å². The van der Waals surface area contributed by atoms with Gasteiger partial charge in [-0.3, -0.25) is 4.98 Å². The molecule has 2 aromatic rings. The van der Waals surface area contributed by atoms with Crippen LogP contribution in [0.5, 0.6) is 0 Å². The Hall–Kier alpha value is -2.18. The molecule has 0 unspecified atom stereocenters. The van der Waals surface area contributed by atoms with Crippen molar-refractivity contribution >= 4 is 15.7 Å². The number of benzene rings is 1. The van der Waals surface area contributed by atoms with E-state index in [9.17, 15) is 8.42 Å². The van der Waals surface area contributed by atoms with Crippen LogP contribution in [0, 0.1) is 13.8 Å². The largest absolute Gasteiger partial charge is 0.306 e. The van der Waals surface area contributed by atoms with E-state index in [1.807, 2.05) is 13.0 Å². The molecule has 0 spiro atoms. The number of hydrogen-bond donors (Lipinski definition) is 2. The van der Waals surface area contributed by atoms with Crippen LogP contribution >= 0.6 is 0 Å². The van der Waals surface area contributed by atoms with E-state index in [0.717, 1.165) is 5.56 Å². The number of nitrogens with zero attached hydrogens (tertiary/aromatic N) is 1. The first-order valence-electron chi connectivity index (χ1n) is 6.35. The van der Waals surface area contributed by atoms with Crippen molar-refractivity contribution in [2.45, 2.75) is 18.7 Å². The SMILES string of the molecule is C=C(NNS(=O)(=O)c1cc(C)ccc1C)c1ccccn1. The zero-order chi connectivity index (χ0) is 15.5. The molecule has 1 heterocycles. The van der Waals surface area contributed by atoms with Gasteiger partial charge in [0.05, 0.1) is 16.3 Å². The summed E-state index contributed by atoms with van der Waals surface area (Å²) in [5.41, 5.74) is 5.10. The number of sulfonamides is 1. The molecule has 0 fully saturated rings. The van der Waals surface area contributed by atoms with E-state index in [-0.39, 0.29) is 4.90 Å². The summed E-state index contributed by atoms with van der Waals surface area (Å²) in [7, 11) is -3.67. The van der Waals surface area contributed by atoms with Crippen LogP contribution in [0.3, 0.4) is 0 Å². The van der Waals surface area contributed by atoms with Crippen molar-refractivity contribution in [3.63, 3.8) is 0 Å². The van der Waals surface area contributed by atoms with E-state index < -0.39 is 10.0 Å². The molecule has 0 bridgehead atoms. The molecule has 0 aliphatic rings. The Morgan fingerprint density at radius 3 is 2.62 bits per heavy atom. The quantitative estimate of drug-likeness (QED) is 0.830. The molecule has 0 aliphatic heterocycles. The lowest BCUT2D eigenvalue weighted by Crippen LogP contribution is -2.36. The average molecular weight is 303 g/mol. The first kappa shape index (κ1) is 15.2. The molecule has 2 N–H and O–H groups in total. The predicted molar refractivity (Wildman–Crippen MR) is 82.6 cm³/mol. The van der Waals surface area contributed by atoms with Gasteiger partial charge in [0, 0.05) is 6.20 Å². The Kier molecular flexibility index (Phi) is 4.40. The third kappa shape index (κ3) is 3.68. The third-order valence-corrected chi connectivity index (χ3v) is 4.33. The lowest BCUT2D eigenvalue weighted by atomic mass is 10.2. The summed E-state index contributed by atoms with van der Waals surface area (Å²) in [6, 6.07) is 10.6. The molecule has 0 saturated carbocycles. The van der Waals surface area contributed by atoms with Crippen LogP contribution in [0.2, 0.25) is 0 Å². The number of nitrogens with one attached hydrogen (secondary N) is 2. The summed E-state index contributed by atoms with van der Waals surface area (Å²) >= 11 is 0. The first-order chi connectivity index (χ1) is 9.90. The summed E-state index contributed by atoms with van der Waals surface area (Å²) in [6.07, 6.45) is 1.61. The predicted octanol–water partition coefficient (Wildman–Crippen LogP) is 2.15. The molecule has 2 rings (SSSR count). The molecule has 6 heteroatoms. The van der Waals surface area contributed by atoms with Crippen molar-refractivity contribution in [3.05, 3.63) is 66.0 Å². The number of hydrogen-bond acceptors (Lipinski definition) is 4. The van der Waals surface area contributed by atoms with Crippen LogP contribution < -0.4 is 10.3 Å². The number of aromatic nitrogens is 1. The fourth-order valence-electron chi connectivity index (χ4n) is 1.79. The van der Waals surface area contributed by atoms with Crippen molar-refractivity contribution in [2.75, 3.05) is 0 Å². The normalized spacial score (nSPS) is 11.1. The second-order valence-corrected chi connectivity index (χ2v) is 6.34. The van der Waals surface area contributed by atoms with Gasteiger partial charge in [-0.15, -0.1) is 4.83 Å². The lowest BCUT2D eigenvalue weighted by molar-refractivity contribution is 0.575. The van der Waals surface area contributed by atoms with Crippen molar-refractivity contribution in [1.82, 2.24) is 15.2 Å². The maximum Gasteiger partial charge on any atom is 0.257 e. The zero-order valence-electron chi connectivity index (χ0n) is 11.9. The molecule has 1 aromatic heterocycles. The van der Waals surface area contributed by atoms with E-state index in [4.69, 9.17) is 0 Å². The molecular weight excluding hydrogens is 286 g/mol. The molecule has 110 valence electrons. The fourth-order valence-corrected chi connectivity index (χ4v) is 2.99. The number of aryl methyl sites for hydroxylation is 2. The molecule has 0 aliphatic carbocycles. The van der Waals surface area contributed by atoms with Gasteiger partial charge in [-0.25, -0.2) is 8.42 Å². The Morgan fingerprint density at radius 1 is 1.19 bits per heavy atom. The van der Waals surface area contributed by atoms with Crippen molar-refractivity contribution in [1.29, 1.82) is 0 Å². The summed E-state index contributed by atoms with van der Waals surface area (Å²) in [4.78, 5) is 6.65. The Labute approximate surface area is 124 Å². The fraction of sp³-hybridized carbons (Fsp3) is 0.133. The molecule has 0 radical (unpaired) electrons. The highest BCUT2D eigenvalue weighted by Gasteiger charge is 2.17. The molecule has 0 amide bonds. The van der Waals surface area contributed by atoms with Gasteiger partial charge in [0.2, 0.25) is 0 Å². The smallest absolute Gasteiger partial charge is 0.257 e. The van der Waals surface area contributed by atoms with E-state index in [0.29, 0.717) is 17.0 Å². The van der Waals surface area contributed by atoms with Crippen LogP contribution in [0.25, 0.3) is 5.70 Å². The van der Waals surface area contributed by atoms with Crippen molar-refractivity contribution in [3.8, 4) is 0 Å². The number of pyridine rings is 1. The van der Waals surface area contributed by atoms with E-state index in [1.165, 1.54) is 0 Å². The summed E-state index contributed by atoms with van der Waals surface area (Å²) in [5.74, 6) is 0. The van der Waals surface area contributed by atoms with Gasteiger partial charge in [-0.1, -0.05) is 24.8 Å². The van der Waals surface area contributed by atoms with Gasteiger partial charge in [-0.05, 0) is 43.2 Å². The molecule has 1 aromatic carbocycles. The Morgan fingerprint density at radius 2 is 1.95 bits per heavy atom. The Bertz CT molecular complexity index is 756. The molecule has 21 heavy (non-hydrogen) atoms. The standard InChI is InChI=1S/C15H17N3O2S/c1-11-7-8-12(2)15(10-11)21(19,20)18-17-13(3)14-6-4-5-9-16-14/h4-10,17-18H,3H2,1-2H3. The molecule has 0 atom stereocenters. The van der Waals surface area contributed by atoms with Crippen LogP contribution in [0.1, 0.15) is 16.8 Å². The van der Waals surface area contributed by atoms with Crippen LogP contribution in [-0.2, 0) is 10.0 Å². The van der Waals surface area contributed by atoms with Crippen molar-refractivity contribution < 1.29 is 8.42 Å². The minimum Gasteiger partial charge on any atom is -0.306 e. The van der Waals surface area contributed by atoms with Gasteiger partial charge in [0.25, 0.3) is 10.0 Å². The zero-order valence-corrected chi connectivity index (χ0v) is 12.7. The molecule has 0 saturated heterocycles. The number of rotatable bonds is 5. The topological polar surface area (TPSA) is 71.1 Å². The van der Waals surface area contributed by atoms with Crippen LogP contribution in [-0.4, -0.2) is 13.4 Å². The molecule has 5 nitrogen and oxygen atoms in total. The second kappa shape index (κ2) is 6.07. The van der Waals surface area contributed by atoms with Gasteiger partial charge in [0.1, 0.15) is 0 Å². The van der Waals surface area contributed by atoms with Gasteiger partial charge in [-0.2, -0.15) is 0 Å². The molecular formula is C15H17N3O2S. The van der Waals surface area contributed by atoms with Gasteiger partial charge >= 0.3 is 0 Å². The number of hydrazine groups is 1.